The third-order valence-corrected chi connectivity index (χ3v) is 3.77. The lowest BCUT2D eigenvalue weighted by Gasteiger charge is -2.26. The number of hydrogen-bond donors (Lipinski definition) is 1. The van der Waals surface area contributed by atoms with E-state index in [1.54, 1.807) is 0 Å². The second-order valence-corrected chi connectivity index (χ2v) is 5.05. The number of pyridine rings is 1. The third-order valence-electron chi connectivity index (χ3n) is 3.77. The van der Waals surface area contributed by atoms with Gasteiger partial charge in [-0.3, -0.25) is 4.98 Å². The fourth-order valence-electron chi connectivity index (χ4n) is 2.10. The molecule has 0 atom stereocenters. The van der Waals surface area contributed by atoms with Crippen LogP contribution >= 0.6 is 0 Å². The Morgan fingerprint density at radius 3 is 2.63 bits per heavy atom. The summed E-state index contributed by atoms with van der Waals surface area (Å²) < 4.78 is 5.81. The van der Waals surface area contributed by atoms with Crippen molar-refractivity contribution >= 4 is 10.9 Å². The van der Waals surface area contributed by atoms with E-state index >= 15 is 0 Å². The molecule has 0 aliphatic heterocycles. The van der Waals surface area contributed by atoms with E-state index in [9.17, 15) is 0 Å². The molecule has 0 radical (unpaired) electrons. The predicted octanol–water partition coefficient (Wildman–Crippen LogP) is 3.27. The summed E-state index contributed by atoms with van der Waals surface area (Å²) >= 11 is 0. The van der Waals surface area contributed by atoms with Gasteiger partial charge >= 0.3 is 0 Å². The molecule has 0 bridgehead atoms. The summed E-state index contributed by atoms with van der Waals surface area (Å²) in [7, 11) is 0. The summed E-state index contributed by atoms with van der Waals surface area (Å²) in [4.78, 5) is 4.43. The van der Waals surface area contributed by atoms with Crippen LogP contribution in [0.25, 0.3) is 10.9 Å². The molecule has 2 rings (SSSR count). The molecule has 2 N–H and O–H groups in total. The minimum atomic E-state index is -0.210. The number of rotatable bonds is 6. The molecule has 1 aromatic heterocycles. The minimum absolute atomic E-state index is 0.210. The highest BCUT2D eigenvalue weighted by molar-refractivity contribution is 5.81. The Kier molecular flexibility index (Phi) is 4.51. The van der Waals surface area contributed by atoms with Crippen LogP contribution in [0.5, 0.6) is 0 Å². The van der Waals surface area contributed by atoms with Gasteiger partial charge in [0.1, 0.15) is 0 Å². The van der Waals surface area contributed by atoms with Crippen molar-refractivity contribution in [3.05, 3.63) is 42.1 Å². The maximum atomic E-state index is 6.23. The average Bonchev–Trinajstić information content (AvgIpc) is 2.47. The molecule has 0 spiro atoms. The van der Waals surface area contributed by atoms with Gasteiger partial charge in [0.2, 0.25) is 0 Å². The fourth-order valence-corrected chi connectivity index (χ4v) is 2.10. The number of para-hydroxylation sites is 1. The molecule has 19 heavy (non-hydrogen) atoms. The molecule has 1 aromatic carbocycles. The molecule has 102 valence electrons. The van der Waals surface area contributed by atoms with Crippen LogP contribution in [0.2, 0.25) is 0 Å². The molecule has 3 nitrogen and oxygen atoms in total. The molecule has 1 heterocycles. The Morgan fingerprint density at radius 1 is 1.16 bits per heavy atom. The van der Waals surface area contributed by atoms with Crippen LogP contribution in [0.15, 0.2) is 36.5 Å². The first-order chi connectivity index (χ1) is 9.18. The monoisotopic (exact) mass is 258 g/mol. The third kappa shape index (κ3) is 3.31. The van der Waals surface area contributed by atoms with E-state index in [2.05, 4.69) is 37.0 Å². The molecule has 0 aliphatic rings. The number of aromatic nitrogens is 1. The Morgan fingerprint density at radius 2 is 1.89 bits per heavy atom. The fraction of sp³-hybridized carbons (Fsp3) is 0.438. The number of benzene rings is 1. The Hall–Kier alpha value is -1.45. The van der Waals surface area contributed by atoms with Crippen LogP contribution in [0.3, 0.4) is 0 Å². The molecular weight excluding hydrogens is 236 g/mol. The van der Waals surface area contributed by atoms with Crippen molar-refractivity contribution in [2.24, 2.45) is 5.73 Å². The molecule has 0 saturated carbocycles. The van der Waals surface area contributed by atoms with Crippen molar-refractivity contribution in [1.82, 2.24) is 4.98 Å². The SMILES string of the molecule is CCC(N)(CC)COCc1cccc2cccnc12. The number of fused-ring (bicyclic) bond motifs is 1. The van der Waals surface area contributed by atoms with E-state index < -0.39 is 0 Å². The van der Waals surface area contributed by atoms with E-state index in [1.807, 2.05) is 18.3 Å². The van der Waals surface area contributed by atoms with E-state index in [1.165, 1.54) is 0 Å². The van der Waals surface area contributed by atoms with Crippen LogP contribution in [-0.4, -0.2) is 17.1 Å². The standard InChI is InChI=1S/C16H22N2O/c1-3-16(17,4-2)12-19-11-14-8-5-7-13-9-6-10-18-15(13)14/h5-10H,3-4,11-12,17H2,1-2H3. The van der Waals surface area contributed by atoms with Gasteiger partial charge < -0.3 is 10.5 Å². The maximum absolute atomic E-state index is 6.23. The van der Waals surface area contributed by atoms with Gasteiger partial charge in [0.15, 0.2) is 0 Å². The lowest BCUT2D eigenvalue weighted by molar-refractivity contribution is 0.0702. The highest BCUT2D eigenvalue weighted by Gasteiger charge is 2.20. The topological polar surface area (TPSA) is 48.1 Å². The number of nitrogens with zero attached hydrogens (tertiary/aromatic N) is 1. The number of nitrogens with two attached hydrogens (primary N) is 1. The first kappa shape index (κ1) is 14.0. The normalized spacial score (nSPS) is 11.9. The van der Waals surface area contributed by atoms with Crippen LogP contribution in [0.1, 0.15) is 32.3 Å². The van der Waals surface area contributed by atoms with Crippen LogP contribution in [0, 0.1) is 0 Å². The van der Waals surface area contributed by atoms with Crippen molar-refractivity contribution in [3.63, 3.8) is 0 Å². The zero-order valence-corrected chi connectivity index (χ0v) is 11.7. The molecular formula is C16H22N2O. The van der Waals surface area contributed by atoms with Crippen molar-refractivity contribution in [3.8, 4) is 0 Å². The summed E-state index contributed by atoms with van der Waals surface area (Å²) in [6.07, 6.45) is 3.67. The summed E-state index contributed by atoms with van der Waals surface area (Å²) in [6.45, 7) is 5.36. The summed E-state index contributed by atoms with van der Waals surface area (Å²) in [5, 5.41) is 1.15. The molecule has 2 aromatic rings. The van der Waals surface area contributed by atoms with Crippen molar-refractivity contribution < 1.29 is 4.74 Å². The van der Waals surface area contributed by atoms with Gasteiger partial charge in [-0.1, -0.05) is 38.1 Å². The predicted molar refractivity (Wildman–Crippen MR) is 78.9 cm³/mol. The second kappa shape index (κ2) is 6.13. The molecule has 0 aliphatic carbocycles. The molecule has 0 saturated heterocycles. The van der Waals surface area contributed by atoms with Crippen LogP contribution in [-0.2, 0) is 11.3 Å². The van der Waals surface area contributed by atoms with Crippen molar-refractivity contribution in [2.45, 2.75) is 38.8 Å². The Balaban J connectivity index is 2.06. The number of hydrogen-bond acceptors (Lipinski definition) is 3. The zero-order chi connectivity index (χ0) is 13.7. The first-order valence-electron chi connectivity index (χ1n) is 6.88. The van der Waals surface area contributed by atoms with Crippen molar-refractivity contribution in [2.75, 3.05) is 6.61 Å². The van der Waals surface area contributed by atoms with E-state index in [0.717, 1.165) is 29.3 Å². The molecule has 0 unspecified atom stereocenters. The first-order valence-corrected chi connectivity index (χ1v) is 6.88. The Labute approximate surface area is 114 Å². The van der Waals surface area contributed by atoms with Crippen molar-refractivity contribution in [1.29, 1.82) is 0 Å². The zero-order valence-electron chi connectivity index (χ0n) is 11.7. The summed E-state index contributed by atoms with van der Waals surface area (Å²) in [6, 6.07) is 10.2. The van der Waals surface area contributed by atoms with Crippen LogP contribution < -0.4 is 5.73 Å². The highest BCUT2D eigenvalue weighted by atomic mass is 16.5. The second-order valence-electron chi connectivity index (χ2n) is 5.05. The van der Waals surface area contributed by atoms with Gasteiger partial charge in [-0.15, -0.1) is 0 Å². The highest BCUT2D eigenvalue weighted by Crippen LogP contribution is 2.18. The summed E-state index contributed by atoms with van der Waals surface area (Å²) in [5.74, 6) is 0. The Bertz CT molecular complexity index is 530. The lowest BCUT2D eigenvalue weighted by atomic mass is 9.96. The van der Waals surface area contributed by atoms with Gasteiger partial charge in [-0.05, 0) is 18.9 Å². The van der Waals surface area contributed by atoms with E-state index in [0.29, 0.717) is 13.2 Å². The maximum Gasteiger partial charge on any atom is 0.0757 e. The quantitative estimate of drug-likeness (QED) is 0.865. The summed E-state index contributed by atoms with van der Waals surface area (Å²) in [5.41, 5.74) is 8.16. The van der Waals surface area contributed by atoms with Gasteiger partial charge in [-0.25, -0.2) is 0 Å². The largest absolute Gasteiger partial charge is 0.375 e. The molecule has 3 heteroatoms. The van der Waals surface area contributed by atoms with E-state index in [4.69, 9.17) is 10.5 Å². The lowest BCUT2D eigenvalue weighted by Crippen LogP contribution is -2.43. The number of ether oxygens (including phenoxy) is 1. The van der Waals surface area contributed by atoms with Gasteiger partial charge in [0, 0.05) is 22.7 Å². The molecule has 0 fully saturated rings. The van der Waals surface area contributed by atoms with Gasteiger partial charge in [0.25, 0.3) is 0 Å². The van der Waals surface area contributed by atoms with Gasteiger partial charge in [-0.2, -0.15) is 0 Å². The van der Waals surface area contributed by atoms with Crippen LogP contribution in [0.4, 0.5) is 0 Å². The smallest absolute Gasteiger partial charge is 0.0757 e. The van der Waals surface area contributed by atoms with Gasteiger partial charge in [0.05, 0.1) is 18.7 Å². The van der Waals surface area contributed by atoms with E-state index in [-0.39, 0.29) is 5.54 Å². The molecule has 0 amide bonds. The minimum Gasteiger partial charge on any atom is -0.375 e. The average molecular weight is 258 g/mol.